The Morgan fingerprint density at radius 3 is 2.58 bits per heavy atom. The van der Waals surface area contributed by atoms with Gasteiger partial charge in [-0.15, -0.1) is 0 Å². The summed E-state index contributed by atoms with van der Waals surface area (Å²) in [4.78, 5) is 25.6. The molecule has 2 N–H and O–H groups in total. The number of rotatable bonds is 2. The molecule has 0 aromatic heterocycles. The lowest BCUT2D eigenvalue weighted by molar-refractivity contribution is -0.132. The quantitative estimate of drug-likeness (QED) is 0.776. The van der Waals surface area contributed by atoms with Gasteiger partial charge in [-0.25, -0.2) is 4.79 Å². The Hall–Kier alpha value is -1.30. The molecule has 1 heterocycles. The zero-order chi connectivity index (χ0) is 14.5. The average Bonchev–Trinajstić information content (AvgIpc) is 2.53. The highest BCUT2D eigenvalue weighted by Crippen LogP contribution is 2.07. The number of hydrogen-bond donors (Lipinski definition) is 2. The fourth-order valence-electron chi connectivity index (χ4n) is 1.89. The maximum atomic E-state index is 12.2. The topological polar surface area (TPSA) is 70.7 Å². The van der Waals surface area contributed by atoms with E-state index in [0.29, 0.717) is 6.54 Å². The van der Waals surface area contributed by atoms with Crippen molar-refractivity contribution in [2.75, 3.05) is 26.2 Å². The third-order valence-corrected chi connectivity index (χ3v) is 2.76. The van der Waals surface area contributed by atoms with Crippen LogP contribution in [0.1, 0.15) is 34.1 Å². The van der Waals surface area contributed by atoms with Gasteiger partial charge in [0, 0.05) is 19.6 Å². The SMILES string of the molecule is CC(NC(=O)OC(C)(C)C)C(=O)N1CCCNCC1. The highest BCUT2D eigenvalue weighted by Gasteiger charge is 2.24. The van der Waals surface area contributed by atoms with Gasteiger partial charge < -0.3 is 20.3 Å². The van der Waals surface area contributed by atoms with Crippen LogP contribution in [0.25, 0.3) is 0 Å². The fraction of sp³-hybridized carbons (Fsp3) is 0.846. The second-order valence-electron chi connectivity index (χ2n) is 5.80. The van der Waals surface area contributed by atoms with E-state index in [-0.39, 0.29) is 5.91 Å². The van der Waals surface area contributed by atoms with Gasteiger partial charge in [-0.1, -0.05) is 0 Å². The minimum Gasteiger partial charge on any atom is -0.444 e. The number of ether oxygens (including phenoxy) is 1. The van der Waals surface area contributed by atoms with E-state index in [1.165, 1.54) is 0 Å². The van der Waals surface area contributed by atoms with Crippen LogP contribution in [-0.4, -0.2) is 54.7 Å². The average molecular weight is 271 g/mol. The number of carbonyl (C=O) groups excluding carboxylic acids is 2. The monoisotopic (exact) mass is 271 g/mol. The molecule has 6 nitrogen and oxygen atoms in total. The molecule has 0 aromatic carbocycles. The molecule has 1 fully saturated rings. The largest absolute Gasteiger partial charge is 0.444 e. The van der Waals surface area contributed by atoms with Crippen LogP contribution >= 0.6 is 0 Å². The maximum absolute atomic E-state index is 12.2. The predicted octanol–water partition coefficient (Wildman–Crippen LogP) is 0.722. The first-order valence-electron chi connectivity index (χ1n) is 6.78. The first-order valence-corrected chi connectivity index (χ1v) is 6.78. The van der Waals surface area contributed by atoms with Gasteiger partial charge in [0.2, 0.25) is 5.91 Å². The van der Waals surface area contributed by atoms with Crippen LogP contribution in [0.3, 0.4) is 0 Å². The summed E-state index contributed by atoms with van der Waals surface area (Å²) in [7, 11) is 0. The second-order valence-corrected chi connectivity index (χ2v) is 5.80. The number of nitrogens with one attached hydrogen (secondary N) is 2. The van der Waals surface area contributed by atoms with Gasteiger partial charge in [-0.3, -0.25) is 4.79 Å². The van der Waals surface area contributed by atoms with Crippen molar-refractivity contribution in [3.05, 3.63) is 0 Å². The van der Waals surface area contributed by atoms with Crippen LogP contribution in [0.4, 0.5) is 4.79 Å². The number of amides is 2. The van der Waals surface area contributed by atoms with Crippen molar-refractivity contribution >= 4 is 12.0 Å². The molecule has 0 radical (unpaired) electrons. The van der Waals surface area contributed by atoms with Crippen LogP contribution in [0.5, 0.6) is 0 Å². The van der Waals surface area contributed by atoms with Crippen molar-refractivity contribution in [3.63, 3.8) is 0 Å². The molecule has 1 rings (SSSR count). The third-order valence-electron chi connectivity index (χ3n) is 2.76. The Bertz CT molecular complexity index is 318. The third kappa shape index (κ3) is 5.92. The molecule has 2 amide bonds. The predicted molar refractivity (Wildman–Crippen MR) is 72.9 cm³/mol. The Morgan fingerprint density at radius 1 is 1.26 bits per heavy atom. The lowest BCUT2D eigenvalue weighted by atomic mass is 10.2. The molecule has 1 unspecified atom stereocenters. The molecule has 0 aliphatic carbocycles. The number of alkyl carbamates (subject to hydrolysis) is 1. The first kappa shape index (κ1) is 15.8. The van der Waals surface area contributed by atoms with Crippen molar-refractivity contribution in [1.82, 2.24) is 15.5 Å². The molecule has 1 aliphatic heterocycles. The van der Waals surface area contributed by atoms with E-state index >= 15 is 0 Å². The van der Waals surface area contributed by atoms with Crippen LogP contribution < -0.4 is 10.6 Å². The van der Waals surface area contributed by atoms with Gasteiger partial charge >= 0.3 is 6.09 Å². The molecule has 6 heteroatoms. The number of hydrogen-bond acceptors (Lipinski definition) is 4. The van der Waals surface area contributed by atoms with Gasteiger partial charge in [-0.2, -0.15) is 0 Å². The van der Waals surface area contributed by atoms with Gasteiger partial charge in [0.1, 0.15) is 11.6 Å². The molecule has 0 saturated carbocycles. The maximum Gasteiger partial charge on any atom is 0.408 e. The summed E-state index contributed by atoms with van der Waals surface area (Å²) in [6.07, 6.45) is 0.381. The standard InChI is InChI=1S/C13H25N3O3/c1-10(15-12(18)19-13(2,3)4)11(17)16-8-5-6-14-7-9-16/h10,14H,5-9H2,1-4H3,(H,15,18). The second kappa shape index (κ2) is 6.75. The van der Waals surface area contributed by atoms with Crippen molar-refractivity contribution < 1.29 is 14.3 Å². The molecule has 0 spiro atoms. The van der Waals surface area contributed by atoms with E-state index in [0.717, 1.165) is 26.1 Å². The Labute approximate surface area is 114 Å². The van der Waals surface area contributed by atoms with E-state index in [4.69, 9.17) is 4.74 Å². The zero-order valence-electron chi connectivity index (χ0n) is 12.3. The van der Waals surface area contributed by atoms with Crippen LogP contribution in [0.15, 0.2) is 0 Å². The van der Waals surface area contributed by atoms with Crippen LogP contribution in [0, 0.1) is 0 Å². The molecule has 110 valence electrons. The van der Waals surface area contributed by atoms with Gasteiger partial charge in [0.05, 0.1) is 0 Å². The van der Waals surface area contributed by atoms with Crippen molar-refractivity contribution in [3.8, 4) is 0 Å². The number of carbonyl (C=O) groups is 2. The molecule has 0 bridgehead atoms. The van der Waals surface area contributed by atoms with E-state index in [1.807, 2.05) is 0 Å². The van der Waals surface area contributed by atoms with E-state index in [9.17, 15) is 9.59 Å². The van der Waals surface area contributed by atoms with Crippen molar-refractivity contribution in [2.45, 2.75) is 45.8 Å². The summed E-state index contributed by atoms with van der Waals surface area (Å²) >= 11 is 0. The molecule has 1 aliphatic rings. The summed E-state index contributed by atoms with van der Waals surface area (Å²) in [6, 6.07) is -0.562. The van der Waals surface area contributed by atoms with E-state index < -0.39 is 17.7 Å². The van der Waals surface area contributed by atoms with Crippen LogP contribution in [0.2, 0.25) is 0 Å². The summed E-state index contributed by atoms with van der Waals surface area (Å²) in [6.45, 7) is 10.2. The smallest absolute Gasteiger partial charge is 0.408 e. The lowest BCUT2D eigenvalue weighted by Gasteiger charge is -2.26. The Balaban J connectivity index is 2.45. The molecular weight excluding hydrogens is 246 g/mol. The highest BCUT2D eigenvalue weighted by atomic mass is 16.6. The molecular formula is C13H25N3O3. The summed E-state index contributed by atoms with van der Waals surface area (Å²) in [5.41, 5.74) is -0.556. The summed E-state index contributed by atoms with van der Waals surface area (Å²) in [5.74, 6) is -0.0606. The van der Waals surface area contributed by atoms with E-state index in [2.05, 4.69) is 10.6 Å². The van der Waals surface area contributed by atoms with Gasteiger partial charge in [-0.05, 0) is 40.7 Å². The first-order chi connectivity index (χ1) is 8.79. The van der Waals surface area contributed by atoms with Crippen molar-refractivity contribution in [2.24, 2.45) is 0 Å². The Kier molecular flexibility index (Phi) is 5.60. The van der Waals surface area contributed by atoms with Crippen molar-refractivity contribution in [1.29, 1.82) is 0 Å². The minimum absolute atomic E-state index is 0.0606. The lowest BCUT2D eigenvalue weighted by Crippen LogP contribution is -2.49. The van der Waals surface area contributed by atoms with E-state index in [1.54, 1.807) is 32.6 Å². The van der Waals surface area contributed by atoms with Gasteiger partial charge in [0.25, 0.3) is 0 Å². The molecule has 0 aromatic rings. The van der Waals surface area contributed by atoms with Gasteiger partial charge in [0.15, 0.2) is 0 Å². The number of nitrogens with zero attached hydrogens (tertiary/aromatic N) is 1. The zero-order valence-corrected chi connectivity index (χ0v) is 12.3. The van der Waals surface area contributed by atoms with Crippen LogP contribution in [-0.2, 0) is 9.53 Å². The minimum atomic E-state index is -0.562. The summed E-state index contributed by atoms with van der Waals surface area (Å²) < 4.78 is 5.14. The summed E-state index contributed by atoms with van der Waals surface area (Å²) in [5, 5.41) is 5.82. The highest BCUT2D eigenvalue weighted by molar-refractivity contribution is 5.85. The fourth-order valence-corrected chi connectivity index (χ4v) is 1.89. The molecule has 1 saturated heterocycles. The molecule has 1 atom stereocenters. The normalized spacial score (nSPS) is 18.4. The molecule has 19 heavy (non-hydrogen) atoms. The Morgan fingerprint density at radius 2 is 1.95 bits per heavy atom.